The van der Waals surface area contributed by atoms with E-state index in [1.165, 1.54) is 0 Å². The van der Waals surface area contributed by atoms with E-state index < -0.39 is 0 Å². The summed E-state index contributed by atoms with van der Waals surface area (Å²) in [5.41, 5.74) is 3.45. The van der Waals surface area contributed by atoms with Gasteiger partial charge >= 0.3 is 0 Å². The van der Waals surface area contributed by atoms with Crippen LogP contribution in [-0.4, -0.2) is 19.8 Å². The highest BCUT2D eigenvalue weighted by molar-refractivity contribution is 9.10. The van der Waals surface area contributed by atoms with Gasteiger partial charge in [-0.1, -0.05) is 23.2 Å². The number of rotatable bonds is 1. The van der Waals surface area contributed by atoms with Crippen LogP contribution in [0.15, 0.2) is 22.7 Å². The second-order valence-electron chi connectivity index (χ2n) is 4.43. The predicted molar refractivity (Wildman–Crippen MR) is 83.4 cm³/mol. The SMILES string of the molecule is Cc1c(Cl)nn2c(-c3ccc(Cl)c(Br)c3)nnc2c1C. The van der Waals surface area contributed by atoms with Crippen molar-refractivity contribution in [2.75, 3.05) is 0 Å². The topological polar surface area (TPSA) is 43.1 Å². The molecule has 0 aliphatic rings. The smallest absolute Gasteiger partial charge is 0.185 e. The summed E-state index contributed by atoms with van der Waals surface area (Å²) in [5, 5.41) is 13.8. The van der Waals surface area contributed by atoms with Crippen molar-refractivity contribution in [3.63, 3.8) is 0 Å². The molecule has 0 N–H and O–H groups in total. The van der Waals surface area contributed by atoms with Crippen LogP contribution in [0.25, 0.3) is 17.0 Å². The Labute approximate surface area is 133 Å². The fraction of sp³-hybridized carbons (Fsp3) is 0.154. The quantitative estimate of drug-likeness (QED) is 0.633. The zero-order valence-electron chi connectivity index (χ0n) is 10.7. The average molecular weight is 372 g/mol. The molecule has 7 heteroatoms. The molecule has 4 nitrogen and oxygen atoms in total. The van der Waals surface area contributed by atoms with Crippen molar-refractivity contribution >= 4 is 44.8 Å². The lowest BCUT2D eigenvalue weighted by atomic mass is 10.2. The third-order valence-corrected chi connectivity index (χ3v) is 4.79. The molecule has 0 radical (unpaired) electrons. The standard InChI is InChI=1S/C13H9BrCl2N4/c1-6-7(2)12-17-18-13(20(12)19-11(6)16)8-3-4-10(15)9(14)5-8/h3-5H,1-2H3. The molecule has 3 aromatic rings. The van der Waals surface area contributed by atoms with Gasteiger partial charge in [0.1, 0.15) is 0 Å². The molecule has 1 aromatic carbocycles. The molecule has 2 aromatic heterocycles. The van der Waals surface area contributed by atoms with Crippen LogP contribution in [0, 0.1) is 13.8 Å². The first kappa shape index (κ1) is 13.8. The number of aromatic nitrogens is 4. The second-order valence-corrected chi connectivity index (χ2v) is 6.05. The van der Waals surface area contributed by atoms with Gasteiger partial charge in [-0.05, 0) is 53.5 Å². The fourth-order valence-corrected chi connectivity index (χ4v) is 2.62. The Hall–Kier alpha value is -1.17. The summed E-state index contributed by atoms with van der Waals surface area (Å²) in [4.78, 5) is 0. The Kier molecular flexibility index (Phi) is 3.44. The van der Waals surface area contributed by atoms with Gasteiger partial charge in [0, 0.05) is 15.6 Å². The van der Waals surface area contributed by atoms with E-state index in [0.717, 1.165) is 21.2 Å². The number of fused-ring (bicyclic) bond motifs is 1. The minimum Gasteiger partial charge on any atom is -0.191 e. The Morgan fingerprint density at radius 1 is 1.10 bits per heavy atom. The summed E-state index contributed by atoms with van der Waals surface area (Å²) in [7, 11) is 0. The van der Waals surface area contributed by atoms with Gasteiger partial charge in [-0.2, -0.15) is 9.61 Å². The van der Waals surface area contributed by atoms with E-state index in [0.29, 0.717) is 21.6 Å². The Bertz CT molecular complexity index is 829. The molecule has 3 rings (SSSR count). The molecule has 0 amide bonds. The largest absolute Gasteiger partial charge is 0.191 e. The van der Waals surface area contributed by atoms with Gasteiger partial charge < -0.3 is 0 Å². The maximum Gasteiger partial charge on any atom is 0.185 e. The highest BCUT2D eigenvalue weighted by atomic mass is 79.9. The van der Waals surface area contributed by atoms with Crippen molar-refractivity contribution in [2.24, 2.45) is 0 Å². The van der Waals surface area contributed by atoms with Gasteiger partial charge in [0.2, 0.25) is 0 Å². The molecule has 102 valence electrons. The van der Waals surface area contributed by atoms with E-state index in [1.54, 1.807) is 10.6 Å². The predicted octanol–water partition coefficient (Wildman–Crippen LogP) is 4.48. The van der Waals surface area contributed by atoms with Crippen LogP contribution >= 0.6 is 39.1 Å². The number of benzene rings is 1. The normalized spacial score (nSPS) is 11.2. The van der Waals surface area contributed by atoms with Crippen LogP contribution in [0.4, 0.5) is 0 Å². The molecule has 2 heterocycles. The summed E-state index contributed by atoms with van der Waals surface area (Å²) >= 11 is 15.6. The molecular formula is C13H9BrCl2N4. The minimum absolute atomic E-state index is 0.448. The third-order valence-electron chi connectivity index (χ3n) is 3.21. The summed E-state index contributed by atoms with van der Waals surface area (Å²) < 4.78 is 2.45. The molecular weight excluding hydrogens is 363 g/mol. The van der Waals surface area contributed by atoms with Crippen molar-refractivity contribution in [2.45, 2.75) is 13.8 Å². The van der Waals surface area contributed by atoms with Crippen LogP contribution in [0.2, 0.25) is 10.2 Å². The number of hydrogen-bond acceptors (Lipinski definition) is 3. The highest BCUT2D eigenvalue weighted by Gasteiger charge is 2.15. The minimum atomic E-state index is 0.448. The van der Waals surface area contributed by atoms with Crippen LogP contribution in [0.5, 0.6) is 0 Å². The lowest BCUT2D eigenvalue weighted by molar-refractivity contribution is 0.919. The van der Waals surface area contributed by atoms with E-state index in [2.05, 4.69) is 31.2 Å². The Balaban J connectivity index is 2.29. The number of nitrogens with zero attached hydrogens (tertiary/aromatic N) is 4. The lowest BCUT2D eigenvalue weighted by Gasteiger charge is -2.05. The van der Waals surface area contributed by atoms with E-state index in [9.17, 15) is 0 Å². The molecule has 0 spiro atoms. The number of hydrogen-bond donors (Lipinski definition) is 0. The van der Waals surface area contributed by atoms with Crippen molar-refractivity contribution in [1.82, 2.24) is 19.8 Å². The summed E-state index contributed by atoms with van der Waals surface area (Å²) in [6.45, 7) is 3.87. The average Bonchev–Trinajstić information content (AvgIpc) is 2.83. The molecule has 0 bridgehead atoms. The molecule has 0 aliphatic carbocycles. The van der Waals surface area contributed by atoms with Crippen LogP contribution in [-0.2, 0) is 0 Å². The fourth-order valence-electron chi connectivity index (χ4n) is 1.91. The van der Waals surface area contributed by atoms with Gasteiger partial charge in [-0.25, -0.2) is 0 Å². The first-order valence-corrected chi connectivity index (χ1v) is 7.37. The first-order chi connectivity index (χ1) is 9.49. The first-order valence-electron chi connectivity index (χ1n) is 5.82. The van der Waals surface area contributed by atoms with Gasteiger partial charge in [-0.3, -0.25) is 0 Å². The van der Waals surface area contributed by atoms with Crippen molar-refractivity contribution in [1.29, 1.82) is 0 Å². The van der Waals surface area contributed by atoms with E-state index in [4.69, 9.17) is 23.2 Å². The second kappa shape index (κ2) is 4.98. The monoisotopic (exact) mass is 370 g/mol. The Morgan fingerprint density at radius 3 is 2.55 bits per heavy atom. The zero-order valence-corrected chi connectivity index (χ0v) is 13.8. The molecule has 0 fully saturated rings. The van der Waals surface area contributed by atoms with Crippen LogP contribution in [0.1, 0.15) is 11.1 Å². The summed E-state index contributed by atoms with van der Waals surface area (Å²) in [6.07, 6.45) is 0. The molecule has 0 saturated heterocycles. The van der Waals surface area contributed by atoms with Gasteiger partial charge in [0.15, 0.2) is 16.6 Å². The molecule has 0 unspecified atom stereocenters. The Morgan fingerprint density at radius 2 is 1.85 bits per heavy atom. The van der Waals surface area contributed by atoms with Crippen molar-refractivity contribution in [3.05, 3.63) is 44.0 Å². The van der Waals surface area contributed by atoms with E-state index in [-0.39, 0.29) is 0 Å². The molecule has 0 atom stereocenters. The van der Waals surface area contributed by atoms with Crippen molar-refractivity contribution < 1.29 is 0 Å². The van der Waals surface area contributed by atoms with Crippen LogP contribution < -0.4 is 0 Å². The zero-order chi connectivity index (χ0) is 14.4. The lowest BCUT2D eigenvalue weighted by Crippen LogP contribution is -2.00. The maximum absolute atomic E-state index is 6.15. The molecule has 0 saturated carbocycles. The maximum atomic E-state index is 6.15. The van der Waals surface area contributed by atoms with Gasteiger partial charge in [-0.15, -0.1) is 10.2 Å². The third kappa shape index (κ3) is 2.10. The van der Waals surface area contributed by atoms with Gasteiger partial charge in [0.05, 0.1) is 5.02 Å². The van der Waals surface area contributed by atoms with Crippen molar-refractivity contribution in [3.8, 4) is 11.4 Å². The highest BCUT2D eigenvalue weighted by Crippen LogP contribution is 2.29. The molecule has 0 aliphatic heterocycles. The van der Waals surface area contributed by atoms with Crippen LogP contribution in [0.3, 0.4) is 0 Å². The summed E-state index contributed by atoms with van der Waals surface area (Å²) in [5.74, 6) is 0.627. The van der Waals surface area contributed by atoms with E-state index >= 15 is 0 Å². The number of aryl methyl sites for hydroxylation is 1. The van der Waals surface area contributed by atoms with E-state index in [1.807, 2.05) is 26.0 Å². The molecule has 20 heavy (non-hydrogen) atoms. The van der Waals surface area contributed by atoms with Gasteiger partial charge in [0.25, 0.3) is 0 Å². The number of halogens is 3. The summed E-state index contributed by atoms with van der Waals surface area (Å²) in [6, 6.07) is 5.54.